The Bertz CT molecular complexity index is 333. The summed E-state index contributed by atoms with van der Waals surface area (Å²) >= 11 is 0. The molecule has 0 amide bonds. The number of hydrogen-bond acceptors (Lipinski definition) is 2. The van der Waals surface area contributed by atoms with Gasteiger partial charge in [0.2, 0.25) is 0 Å². The molecule has 2 rings (SSSR count). The Morgan fingerprint density at radius 2 is 2.06 bits per heavy atom. The standard InChI is InChI=1S/C15H23NO/c1-3-17-15-6-4-13(5-7-15)10-14-11-16-9-8-12(14)2/h4-7,12,14,16H,3,8-11H2,1-2H3. The molecule has 0 bridgehead atoms. The van der Waals surface area contributed by atoms with Gasteiger partial charge < -0.3 is 10.1 Å². The molecule has 1 aliphatic rings. The van der Waals surface area contributed by atoms with Crippen LogP contribution in [0.3, 0.4) is 0 Å². The van der Waals surface area contributed by atoms with E-state index in [-0.39, 0.29) is 0 Å². The highest BCUT2D eigenvalue weighted by Crippen LogP contribution is 2.23. The maximum atomic E-state index is 5.46. The summed E-state index contributed by atoms with van der Waals surface area (Å²) in [4.78, 5) is 0. The second kappa shape index (κ2) is 6.06. The third-order valence-electron chi connectivity index (χ3n) is 3.72. The van der Waals surface area contributed by atoms with Crippen molar-refractivity contribution in [2.75, 3.05) is 19.7 Å². The average molecular weight is 233 g/mol. The summed E-state index contributed by atoms with van der Waals surface area (Å²) in [7, 11) is 0. The minimum Gasteiger partial charge on any atom is -0.494 e. The molecular formula is C15H23NO. The van der Waals surface area contributed by atoms with E-state index in [2.05, 4.69) is 36.5 Å². The van der Waals surface area contributed by atoms with Crippen LogP contribution in [0.25, 0.3) is 0 Å². The molecule has 2 atom stereocenters. The van der Waals surface area contributed by atoms with Gasteiger partial charge in [-0.1, -0.05) is 19.1 Å². The quantitative estimate of drug-likeness (QED) is 0.863. The normalized spacial score (nSPS) is 24.6. The second-order valence-corrected chi connectivity index (χ2v) is 5.01. The lowest BCUT2D eigenvalue weighted by atomic mass is 9.83. The van der Waals surface area contributed by atoms with Gasteiger partial charge in [0.05, 0.1) is 6.61 Å². The Morgan fingerprint density at radius 1 is 1.29 bits per heavy atom. The Balaban J connectivity index is 1.93. The van der Waals surface area contributed by atoms with Gasteiger partial charge in [-0.05, 0) is 62.4 Å². The third-order valence-corrected chi connectivity index (χ3v) is 3.72. The SMILES string of the molecule is CCOc1ccc(CC2CNCCC2C)cc1. The number of rotatable bonds is 4. The first-order valence-corrected chi connectivity index (χ1v) is 6.72. The highest BCUT2D eigenvalue weighted by molar-refractivity contribution is 5.27. The molecule has 1 aromatic carbocycles. The molecule has 1 aliphatic heterocycles. The molecule has 2 nitrogen and oxygen atoms in total. The van der Waals surface area contributed by atoms with Crippen LogP contribution in [0.15, 0.2) is 24.3 Å². The fourth-order valence-electron chi connectivity index (χ4n) is 2.52. The van der Waals surface area contributed by atoms with Gasteiger partial charge in [-0.3, -0.25) is 0 Å². The van der Waals surface area contributed by atoms with Crippen molar-refractivity contribution >= 4 is 0 Å². The molecule has 1 N–H and O–H groups in total. The number of hydrogen-bond donors (Lipinski definition) is 1. The molecule has 94 valence electrons. The molecular weight excluding hydrogens is 210 g/mol. The summed E-state index contributed by atoms with van der Waals surface area (Å²) in [5.41, 5.74) is 1.43. The Kier molecular flexibility index (Phi) is 4.43. The van der Waals surface area contributed by atoms with E-state index in [9.17, 15) is 0 Å². The van der Waals surface area contributed by atoms with Gasteiger partial charge >= 0.3 is 0 Å². The van der Waals surface area contributed by atoms with E-state index in [1.165, 1.54) is 24.9 Å². The van der Waals surface area contributed by atoms with Crippen LogP contribution in [0.1, 0.15) is 25.8 Å². The van der Waals surface area contributed by atoms with Crippen molar-refractivity contribution in [3.63, 3.8) is 0 Å². The van der Waals surface area contributed by atoms with Crippen LogP contribution in [0.2, 0.25) is 0 Å². The lowest BCUT2D eigenvalue weighted by Gasteiger charge is -2.29. The van der Waals surface area contributed by atoms with Crippen LogP contribution in [0.4, 0.5) is 0 Å². The van der Waals surface area contributed by atoms with Crippen LogP contribution in [-0.2, 0) is 6.42 Å². The molecule has 0 spiro atoms. The highest BCUT2D eigenvalue weighted by atomic mass is 16.5. The van der Waals surface area contributed by atoms with Crippen LogP contribution >= 0.6 is 0 Å². The van der Waals surface area contributed by atoms with Gasteiger partial charge in [0, 0.05) is 0 Å². The maximum Gasteiger partial charge on any atom is 0.119 e. The van der Waals surface area contributed by atoms with Crippen molar-refractivity contribution in [3.05, 3.63) is 29.8 Å². The Morgan fingerprint density at radius 3 is 2.71 bits per heavy atom. The molecule has 1 saturated heterocycles. The van der Waals surface area contributed by atoms with E-state index >= 15 is 0 Å². The fourth-order valence-corrected chi connectivity index (χ4v) is 2.52. The molecule has 1 aromatic rings. The van der Waals surface area contributed by atoms with Crippen molar-refractivity contribution in [2.24, 2.45) is 11.8 Å². The predicted octanol–water partition coefficient (Wildman–Crippen LogP) is 2.87. The number of piperidine rings is 1. The minimum absolute atomic E-state index is 0.739. The first kappa shape index (κ1) is 12.4. The first-order valence-electron chi connectivity index (χ1n) is 6.72. The van der Waals surface area contributed by atoms with E-state index < -0.39 is 0 Å². The van der Waals surface area contributed by atoms with Crippen LogP contribution < -0.4 is 10.1 Å². The monoisotopic (exact) mass is 233 g/mol. The molecule has 2 unspecified atom stereocenters. The smallest absolute Gasteiger partial charge is 0.119 e. The highest BCUT2D eigenvalue weighted by Gasteiger charge is 2.20. The van der Waals surface area contributed by atoms with E-state index in [1.807, 2.05) is 6.92 Å². The van der Waals surface area contributed by atoms with Gasteiger partial charge in [-0.25, -0.2) is 0 Å². The van der Waals surface area contributed by atoms with Crippen molar-refractivity contribution in [2.45, 2.75) is 26.7 Å². The van der Waals surface area contributed by atoms with E-state index in [4.69, 9.17) is 4.74 Å². The van der Waals surface area contributed by atoms with Gasteiger partial charge in [-0.15, -0.1) is 0 Å². The molecule has 0 aliphatic carbocycles. The summed E-state index contributed by atoms with van der Waals surface area (Å²) in [6.07, 6.45) is 2.49. The van der Waals surface area contributed by atoms with E-state index in [0.717, 1.165) is 30.7 Å². The largest absolute Gasteiger partial charge is 0.494 e. The summed E-state index contributed by atoms with van der Waals surface area (Å²) < 4.78 is 5.46. The zero-order valence-corrected chi connectivity index (χ0v) is 10.9. The van der Waals surface area contributed by atoms with E-state index in [0.29, 0.717) is 0 Å². The third kappa shape index (κ3) is 3.47. The van der Waals surface area contributed by atoms with Gasteiger partial charge in [0.1, 0.15) is 5.75 Å². The average Bonchev–Trinajstić information content (AvgIpc) is 2.35. The van der Waals surface area contributed by atoms with Crippen molar-refractivity contribution in [1.29, 1.82) is 0 Å². The second-order valence-electron chi connectivity index (χ2n) is 5.01. The summed E-state index contributed by atoms with van der Waals surface area (Å²) in [6, 6.07) is 8.57. The van der Waals surface area contributed by atoms with Gasteiger partial charge in [0.15, 0.2) is 0 Å². The van der Waals surface area contributed by atoms with Crippen LogP contribution in [0, 0.1) is 11.8 Å². The lowest BCUT2D eigenvalue weighted by molar-refractivity contribution is 0.272. The van der Waals surface area contributed by atoms with Crippen molar-refractivity contribution in [3.8, 4) is 5.75 Å². The Hall–Kier alpha value is -1.02. The molecule has 2 heteroatoms. The van der Waals surface area contributed by atoms with Crippen molar-refractivity contribution < 1.29 is 4.74 Å². The topological polar surface area (TPSA) is 21.3 Å². The fraction of sp³-hybridized carbons (Fsp3) is 0.600. The predicted molar refractivity (Wildman–Crippen MR) is 71.5 cm³/mol. The molecule has 1 fully saturated rings. The molecule has 0 aromatic heterocycles. The number of benzene rings is 1. The molecule has 0 radical (unpaired) electrons. The van der Waals surface area contributed by atoms with Crippen LogP contribution in [0.5, 0.6) is 5.75 Å². The van der Waals surface area contributed by atoms with Gasteiger partial charge in [-0.2, -0.15) is 0 Å². The first-order chi connectivity index (χ1) is 8.29. The Labute approximate surface area is 104 Å². The zero-order chi connectivity index (χ0) is 12.1. The summed E-state index contributed by atoms with van der Waals surface area (Å²) in [6.45, 7) is 7.47. The van der Waals surface area contributed by atoms with Gasteiger partial charge in [0.25, 0.3) is 0 Å². The molecule has 17 heavy (non-hydrogen) atoms. The van der Waals surface area contributed by atoms with Crippen molar-refractivity contribution in [1.82, 2.24) is 5.32 Å². The summed E-state index contributed by atoms with van der Waals surface area (Å²) in [5.74, 6) is 2.59. The molecule has 0 saturated carbocycles. The number of nitrogens with one attached hydrogen (secondary N) is 1. The van der Waals surface area contributed by atoms with Crippen LogP contribution in [-0.4, -0.2) is 19.7 Å². The number of ether oxygens (including phenoxy) is 1. The summed E-state index contributed by atoms with van der Waals surface area (Å²) in [5, 5.41) is 3.49. The maximum absolute atomic E-state index is 5.46. The minimum atomic E-state index is 0.739. The van der Waals surface area contributed by atoms with E-state index in [1.54, 1.807) is 0 Å². The zero-order valence-electron chi connectivity index (χ0n) is 10.9. The molecule has 1 heterocycles. The lowest BCUT2D eigenvalue weighted by Crippen LogP contribution is -2.36.